The van der Waals surface area contributed by atoms with E-state index in [1.54, 1.807) is 29.4 Å². The van der Waals surface area contributed by atoms with E-state index in [9.17, 15) is 9.18 Å². The van der Waals surface area contributed by atoms with Crippen LogP contribution in [0.25, 0.3) is 16.6 Å². The van der Waals surface area contributed by atoms with Crippen molar-refractivity contribution >= 4 is 28.4 Å². The molecule has 140 valence electrons. The molecule has 0 saturated heterocycles. The second-order valence-corrected chi connectivity index (χ2v) is 7.31. The van der Waals surface area contributed by atoms with Crippen LogP contribution in [-0.4, -0.2) is 31.9 Å². The van der Waals surface area contributed by atoms with Crippen LogP contribution in [-0.2, 0) is 13.0 Å². The molecular weight excluding hydrogens is 379 g/mol. The van der Waals surface area contributed by atoms with Crippen LogP contribution < -0.4 is 0 Å². The van der Waals surface area contributed by atoms with E-state index in [-0.39, 0.29) is 11.7 Å². The third kappa shape index (κ3) is 2.86. The van der Waals surface area contributed by atoms with Gasteiger partial charge >= 0.3 is 0 Å². The first-order valence-corrected chi connectivity index (χ1v) is 9.35. The maximum atomic E-state index is 13.2. The minimum Gasteiger partial charge on any atom is -0.351 e. The molecular formula is C21H16ClFN4O. The minimum atomic E-state index is -0.269. The number of carbonyl (C=O) groups is 1. The molecule has 0 aliphatic carbocycles. The maximum Gasteiger partial charge on any atom is 0.270 e. The number of benzene rings is 2. The van der Waals surface area contributed by atoms with Crippen molar-refractivity contribution in [1.29, 1.82) is 0 Å². The quantitative estimate of drug-likeness (QED) is 0.549. The fourth-order valence-corrected chi connectivity index (χ4v) is 3.88. The molecule has 0 radical (unpaired) electrons. The Balaban J connectivity index is 1.41. The number of aromatic amines is 1. The summed E-state index contributed by atoms with van der Waals surface area (Å²) < 4.78 is 15.1. The predicted octanol–water partition coefficient (Wildman–Crippen LogP) is 4.34. The van der Waals surface area contributed by atoms with Crippen molar-refractivity contribution in [1.82, 2.24) is 19.4 Å². The Morgan fingerprint density at radius 1 is 1.14 bits per heavy atom. The molecule has 4 aromatic rings. The molecule has 1 aliphatic rings. The molecule has 0 bridgehead atoms. The summed E-state index contributed by atoms with van der Waals surface area (Å²) in [7, 11) is 0. The van der Waals surface area contributed by atoms with Gasteiger partial charge < -0.3 is 14.5 Å². The lowest BCUT2D eigenvalue weighted by atomic mass is 10.1. The van der Waals surface area contributed by atoms with Crippen molar-refractivity contribution in [3.8, 4) is 5.69 Å². The van der Waals surface area contributed by atoms with Crippen molar-refractivity contribution in [3.63, 3.8) is 0 Å². The molecule has 28 heavy (non-hydrogen) atoms. The Labute approximate surface area is 165 Å². The molecule has 5 rings (SSSR count). The van der Waals surface area contributed by atoms with E-state index in [1.165, 1.54) is 12.1 Å². The number of nitrogens with zero attached hydrogens (tertiary/aromatic N) is 3. The summed E-state index contributed by atoms with van der Waals surface area (Å²) in [5.74, 6) is -0.330. The van der Waals surface area contributed by atoms with E-state index in [1.807, 2.05) is 22.8 Å². The van der Waals surface area contributed by atoms with Crippen LogP contribution in [0.3, 0.4) is 0 Å². The predicted molar refractivity (Wildman–Crippen MR) is 105 cm³/mol. The zero-order valence-corrected chi connectivity index (χ0v) is 15.6. The molecule has 2 aromatic heterocycles. The smallest absolute Gasteiger partial charge is 0.270 e. The van der Waals surface area contributed by atoms with Crippen LogP contribution in [0.1, 0.15) is 21.9 Å². The summed E-state index contributed by atoms with van der Waals surface area (Å²) in [6.07, 6.45) is 2.42. The van der Waals surface area contributed by atoms with E-state index in [4.69, 9.17) is 11.6 Å². The standard InChI is InChI=1S/C21H16ClFN4O/c22-14-1-6-17-13(9-14)10-18(25-17)21(28)26-8-7-20-19(11-26)24-12-27(20)16-4-2-15(23)3-5-16/h1-6,9-10,12,25H,7-8,11H2. The highest BCUT2D eigenvalue weighted by Gasteiger charge is 2.26. The summed E-state index contributed by atoms with van der Waals surface area (Å²) in [6.45, 7) is 1.04. The number of fused-ring (bicyclic) bond motifs is 2. The molecule has 0 saturated carbocycles. The van der Waals surface area contributed by atoms with Gasteiger partial charge in [0.25, 0.3) is 5.91 Å². The van der Waals surface area contributed by atoms with Crippen molar-refractivity contribution in [2.45, 2.75) is 13.0 Å². The zero-order valence-electron chi connectivity index (χ0n) is 14.8. The van der Waals surface area contributed by atoms with Gasteiger partial charge in [0.2, 0.25) is 0 Å². The van der Waals surface area contributed by atoms with E-state index in [0.717, 1.165) is 28.0 Å². The Hall–Kier alpha value is -3.12. The first kappa shape index (κ1) is 17.0. The number of aromatic nitrogens is 3. The summed E-state index contributed by atoms with van der Waals surface area (Å²) >= 11 is 6.03. The Morgan fingerprint density at radius 2 is 1.96 bits per heavy atom. The first-order valence-electron chi connectivity index (χ1n) is 8.97. The highest BCUT2D eigenvalue weighted by atomic mass is 35.5. The number of hydrogen-bond donors (Lipinski definition) is 1. The van der Waals surface area contributed by atoms with Gasteiger partial charge in [0.1, 0.15) is 11.5 Å². The number of nitrogens with one attached hydrogen (secondary N) is 1. The third-order valence-electron chi connectivity index (χ3n) is 5.12. The summed E-state index contributed by atoms with van der Waals surface area (Å²) in [5, 5.41) is 1.55. The number of halogens is 2. The van der Waals surface area contributed by atoms with Gasteiger partial charge in [-0.25, -0.2) is 9.37 Å². The number of amides is 1. The van der Waals surface area contributed by atoms with Crippen LogP contribution in [0, 0.1) is 5.82 Å². The molecule has 1 amide bonds. The highest BCUT2D eigenvalue weighted by Crippen LogP contribution is 2.25. The fraction of sp³-hybridized carbons (Fsp3) is 0.143. The molecule has 7 heteroatoms. The van der Waals surface area contributed by atoms with Gasteiger partial charge in [0.15, 0.2) is 0 Å². The van der Waals surface area contributed by atoms with Crippen molar-refractivity contribution in [2.24, 2.45) is 0 Å². The zero-order chi connectivity index (χ0) is 19.3. The van der Waals surface area contributed by atoms with Gasteiger partial charge in [-0.1, -0.05) is 11.6 Å². The summed E-state index contributed by atoms with van der Waals surface area (Å²) in [5.41, 5.74) is 4.20. The Kier molecular flexibility index (Phi) is 3.94. The Bertz CT molecular complexity index is 1200. The molecule has 1 aliphatic heterocycles. The SMILES string of the molecule is O=C(c1cc2cc(Cl)ccc2[nH]1)N1CCc2c(ncn2-c2ccc(F)cc2)C1. The summed E-state index contributed by atoms with van der Waals surface area (Å²) in [6, 6.07) is 13.6. The Morgan fingerprint density at radius 3 is 2.79 bits per heavy atom. The van der Waals surface area contributed by atoms with Crippen LogP contribution in [0.5, 0.6) is 0 Å². The highest BCUT2D eigenvalue weighted by molar-refractivity contribution is 6.31. The lowest BCUT2D eigenvalue weighted by Crippen LogP contribution is -2.36. The van der Waals surface area contributed by atoms with Crippen LogP contribution in [0.15, 0.2) is 54.9 Å². The van der Waals surface area contributed by atoms with E-state index < -0.39 is 0 Å². The minimum absolute atomic E-state index is 0.0608. The summed E-state index contributed by atoms with van der Waals surface area (Å²) in [4.78, 5) is 22.4. The molecule has 5 nitrogen and oxygen atoms in total. The van der Waals surface area contributed by atoms with E-state index in [0.29, 0.717) is 30.2 Å². The molecule has 3 heterocycles. The average molecular weight is 395 g/mol. The second kappa shape index (κ2) is 6.49. The molecule has 0 fully saturated rings. The monoisotopic (exact) mass is 394 g/mol. The first-order chi connectivity index (χ1) is 13.6. The van der Waals surface area contributed by atoms with E-state index >= 15 is 0 Å². The van der Waals surface area contributed by atoms with Crippen molar-refractivity contribution in [2.75, 3.05) is 6.54 Å². The van der Waals surface area contributed by atoms with Crippen LogP contribution in [0.4, 0.5) is 4.39 Å². The van der Waals surface area contributed by atoms with Crippen molar-refractivity contribution < 1.29 is 9.18 Å². The van der Waals surface area contributed by atoms with Crippen LogP contribution >= 0.6 is 11.6 Å². The van der Waals surface area contributed by atoms with Crippen LogP contribution in [0.2, 0.25) is 5.02 Å². The third-order valence-corrected chi connectivity index (χ3v) is 5.35. The average Bonchev–Trinajstić information content (AvgIpc) is 3.31. The van der Waals surface area contributed by atoms with Gasteiger partial charge in [-0.15, -0.1) is 0 Å². The molecule has 1 N–H and O–H groups in total. The van der Waals surface area contributed by atoms with Gasteiger partial charge in [0, 0.05) is 40.3 Å². The van der Waals surface area contributed by atoms with Gasteiger partial charge in [-0.3, -0.25) is 4.79 Å². The number of H-pyrrole nitrogens is 1. The lowest BCUT2D eigenvalue weighted by Gasteiger charge is -2.26. The number of imidazole rings is 1. The normalized spacial score (nSPS) is 13.7. The number of carbonyl (C=O) groups excluding carboxylic acids is 1. The molecule has 0 atom stereocenters. The second-order valence-electron chi connectivity index (χ2n) is 6.88. The maximum absolute atomic E-state index is 13.2. The van der Waals surface area contributed by atoms with Crippen molar-refractivity contribution in [3.05, 3.63) is 82.8 Å². The van der Waals surface area contributed by atoms with Gasteiger partial charge in [-0.2, -0.15) is 0 Å². The molecule has 0 unspecified atom stereocenters. The molecule has 2 aromatic carbocycles. The van der Waals surface area contributed by atoms with Gasteiger partial charge in [-0.05, 0) is 48.5 Å². The lowest BCUT2D eigenvalue weighted by molar-refractivity contribution is 0.0726. The molecule has 0 spiro atoms. The van der Waals surface area contributed by atoms with E-state index in [2.05, 4.69) is 9.97 Å². The fourth-order valence-electron chi connectivity index (χ4n) is 3.69. The number of rotatable bonds is 2. The number of hydrogen-bond acceptors (Lipinski definition) is 2. The largest absolute Gasteiger partial charge is 0.351 e. The van der Waals surface area contributed by atoms with Gasteiger partial charge in [0.05, 0.1) is 18.6 Å². The topological polar surface area (TPSA) is 53.9 Å².